The maximum absolute atomic E-state index is 15.8. The monoisotopic (exact) mass is 1470 g/mol. The van der Waals surface area contributed by atoms with E-state index in [4.69, 9.17) is 16.5 Å². The molecule has 4 bridgehead atoms. The molecule has 554 valence electrons. The number of anilines is 1. The highest BCUT2D eigenvalue weighted by molar-refractivity contribution is 7.98. The number of primary amides is 1. The van der Waals surface area contributed by atoms with Crippen molar-refractivity contribution in [1.29, 1.82) is 0 Å². The molecule has 5 aromatic carbocycles. The van der Waals surface area contributed by atoms with Crippen LogP contribution < -0.4 is 53.6 Å². The van der Waals surface area contributed by atoms with Gasteiger partial charge in [0.25, 0.3) is 5.91 Å². The van der Waals surface area contributed by atoms with Crippen molar-refractivity contribution in [2.45, 2.75) is 150 Å². The van der Waals surface area contributed by atoms with Gasteiger partial charge in [0.1, 0.15) is 59.7 Å². The van der Waals surface area contributed by atoms with Gasteiger partial charge in [0.2, 0.25) is 59.3 Å². The smallest absolute Gasteiger partial charge is 0.272 e. The molecule has 1 saturated carbocycles. The molecule has 2 aromatic heterocycles. The summed E-state index contributed by atoms with van der Waals surface area (Å²) in [4.78, 5) is 161. The first-order valence-corrected chi connectivity index (χ1v) is 37.8. The Kier molecular flexibility index (Phi) is 25.4. The molecule has 1 aliphatic carbocycles. The lowest BCUT2D eigenvalue weighted by molar-refractivity contribution is -0.147. The second-order valence-electron chi connectivity index (χ2n) is 27.3. The standard InChI is InChI=1S/C76H88F2N14O11S2/c1-76-27-10-29-92(76)73(101)61(32-44-18-22-52(93)23-19-44)86-66(96)40-91-63-17-6-5-15-53(63)67(47-13-3-2-4-14-47)89-69(74(91)102)90-72(100)60(34-49-38-82-57-25-21-51(78)36-55(49)57)87-71(99)59(33-48-37-81-56-24-20-50(77)35-54(48)56)85-65(95)39-83-70(98)58(16-7-8-28-79)84-64(94)26-30-104-41-45-11-9-12-46(31-45)42-105-43-62(68(80)97)88-75(76)103/h5-6,9,11-12,15,17-25,31,35-38,47,58-62,69,81-82,93H,2-4,7-8,10,13-14,16,26-30,32-34,39-43,79H2,1H3,(H2,80,97)(H,83,98)(H,84,94)(H,85,95)(H,86,96)(H,87,99)(H,88,103)(H,90,100)/t58-,59-,60-,61-,62-,69+,76-/m0/s1. The molecule has 0 radical (unpaired) electrons. The van der Waals surface area contributed by atoms with Gasteiger partial charge in [-0.3, -0.25) is 57.8 Å². The zero-order chi connectivity index (χ0) is 74.3. The number of fused-ring (bicyclic) bond motifs is 9. The molecule has 1 saturated heterocycles. The first-order chi connectivity index (χ1) is 50.6. The molecule has 29 heteroatoms. The Morgan fingerprint density at radius 2 is 1.29 bits per heavy atom. The van der Waals surface area contributed by atoms with Crippen molar-refractivity contribution >= 4 is 116 Å². The molecule has 10 amide bonds. The Morgan fingerprint density at radius 3 is 1.96 bits per heavy atom. The number of aromatic nitrogens is 2. The van der Waals surface area contributed by atoms with Crippen LogP contribution in [-0.2, 0) is 78.7 Å². The number of benzene rings is 5. The highest BCUT2D eigenvalue weighted by Crippen LogP contribution is 2.36. The van der Waals surface area contributed by atoms with Crippen LogP contribution in [0.4, 0.5) is 14.5 Å². The molecule has 7 atom stereocenters. The molecular weight excluding hydrogens is 1390 g/mol. The predicted octanol–water partition coefficient (Wildman–Crippen LogP) is 5.63. The molecular formula is C76H88F2N14O11S2. The van der Waals surface area contributed by atoms with Crippen LogP contribution in [0, 0.1) is 17.6 Å². The van der Waals surface area contributed by atoms with Gasteiger partial charge in [-0.2, -0.15) is 23.5 Å². The Morgan fingerprint density at radius 1 is 0.648 bits per heavy atom. The summed E-state index contributed by atoms with van der Waals surface area (Å²) in [6, 6.07) is 21.7. The number of carbonyl (C=O) groups excluding carboxylic acids is 10. The van der Waals surface area contributed by atoms with E-state index >= 15 is 32.8 Å². The van der Waals surface area contributed by atoms with Gasteiger partial charge in [-0.25, -0.2) is 8.78 Å². The van der Waals surface area contributed by atoms with E-state index < -0.39 is 126 Å². The van der Waals surface area contributed by atoms with E-state index in [9.17, 15) is 29.1 Å². The third kappa shape index (κ3) is 19.3. The molecule has 5 heterocycles. The number of thioether (sulfide) groups is 2. The summed E-state index contributed by atoms with van der Waals surface area (Å²) in [6.45, 7) is 0.538. The average molecular weight is 1480 g/mol. The van der Waals surface area contributed by atoms with Crippen LogP contribution in [0.2, 0.25) is 0 Å². The van der Waals surface area contributed by atoms with Gasteiger partial charge in [-0.05, 0) is 141 Å². The second-order valence-corrected chi connectivity index (χ2v) is 29.5. The van der Waals surface area contributed by atoms with Crippen LogP contribution in [0.1, 0.15) is 111 Å². The van der Waals surface area contributed by atoms with E-state index in [1.165, 1.54) is 88.1 Å². The van der Waals surface area contributed by atoms with Gasteiger partial charge in [-0.1, -0.05) is 73.9 Å². The minimum absolute atomic E-state index is 0.0344. The van der Waals surface area contributed by atoms with E-state index in [0.29, 0.717) is 106 Å². The van der Waals surface area contributed by atoms with E-state index in [2.05, 4.69) is 47.2 Å². The minimum Gasteiger partial charge on any atom is -0.508 e. The zero-order valence-corrected chi connectivity index (χ0v) is 59.9. The van der Waals surface area contributed by atoms with Crippen molar-refractivity contribution in [2.75, 3.05) is 42.6 Å². The number of nitrogens with one attached hydrogen (secondary N) is 9. The number of aliphatic imine (C=N–C) groups is 1. The number of unbranched alkanes of at least 4 members (excludes halogenated alkanes) is 1. The first kappa shape index (κ1) is 76.0. The molecule has 0 spiro atoms. The number of nitrogens with two attached hydrogens (primary N) is 2. The van der Waals surface area contributed by atoms with E-state index in [-0.39, 0.29) is 68.2 Å². The number of phenolic OH excluding ortho intramolecular Hbond substituents is 1. The highest BCUT2D eigenvalue weighted by Gasteiger charge is 2.49. The fraction of sp³-hybridized carbons (Fsp3) is 0.408. The Hall–Kier alpha value is -10.1. The van der Waals surface area contributed by atoms with Crippen molar-refractivity contribution in [3.05, 3.63) is 167 Å². The topological polar surface area (TPSA) is 378 Å². The SMILES string of the molecule is C[C@@]12CCCN1C(=O)[C@H](Cc1ccc(O)cc1)NC(=O)CN1C(=O)[C@H](N=C(C3CCCCC3)c3ccccc31)NC(=O)[C@H](Cc1c[nH]c3ccc(F)cc13)NC(=O)[C@H](Cc1c[nH]c3ccc(F)cc13)NC(=O)CNC(=O)[C@H](CCCCN)NC(=O)CCSCc1cccc(c1)CSC[C@@H](C(N)=O)NC2=O. The van der Waals surface area contributed by atoms with Gasteiger partial charge >= 0.3 is 0 Å². The summed E-state index contributed by atoms with van der Waals surface area (Å²) in [6.07, 6.45) is 6.11. The van der Waals surface area contributed by atoms with E-state index in [1.807, 2.05) is 24.3 Å². The summed E-state index contributed by atoms with van der Waals surface area (Å²) in [5, 5.41) is 30.5. The lowest BCUT2D eigenvalue weighted by atomic mass is 9.83. The first-order valence-electron chi connectivity index (χ1n) is 35.5. The molecule has 14 N–H and O–H groups in total. The summed E-state index contributed by atoms with van der Waals surface area (Å²) in [5.74, 6) is -7.84. The molecule has 2 fully saturated rings. The molecule has 3 aliphatic heterocycles. The van der Waals surface area contributed by atoms with Crippen LogP contribution in [0.15, 0.2) is 127 Å². The third-order valence-corrected chi connectivity index (χ3v) is 21.9. The van der Waals surface area contributed by atoms with Crippen LogP contribution in [0.3, 0.4) is 0 Å². The van der Waals surface area contributed by atoms with Crippen LogP contribution >= 0.6 is 23.5 Å². The number of rotatable bonds is 12. The van der Waals surface area contributed by atoms with Crippen LogP contribution in [-0.4, -0.2) is 164 Å². The third-order valence-electron chi connectivity index (χ3n) is 19.8. The normalized spacial score (nSPS) is 23.1. The quantitative estimate of drug-likeness (QED) is 0.0661. The number of aromatic hydroxyl groups is 1. The van der Waals surface area contributed by atoms with Gasteiger partial charge in [0.05, 0.1) is 17.9 Å². The Bertz CT molecular complexity index is 4410. The number of amides is 10. The molecule has 4 aliphatic rings. The summed E-state index contributed by atoms with van der Waals surface area (Å²) < 4.78 is 30.2. The summed E-state index contributed by atoms with van der Waals surface area (Å²) >= 11 is 2.85. The maximum atomic E-state index is 15.8. The number of carbonyl (C=O) groups is 10. The number of H-pyrrole nitrogens is 2. The predicted molar refractivity (Wildman–Crippen MR) is 397 cm³/mol. The Labute approximate surface area is 614 Å². The number of aromatic amines is 2. The van der Waals surface area contributed by atoms with Crippen LogP contribution in [0.5, 0.6) is 5.75 Å². The zero-order valence-electron chi connectivity index (χ0n) is 58.2. The average Bonchev–Trinajstić information content (AvgIpc) is 1.67. The molecule has 11 rings (SSSR count). The number of halogens is 2. The fourth-order valence-corrected chi connectivity index (χ4v) is 16.0. The second kappa shape index (κ2) is 35.1. The highest BCUT2D eigenvalue weighted by atomic mass is 32.2. The van der Waals surface area contributed by atoms with E-state index in [1.54, 1.807) is 49.5 Å². The largest absolute Gasteiger partial charge is 0.508 e. The lowest BCUT2D eigenvalue weighted by Crippen LogP contribution is -2.62. The van der Waals surface area contributed by atoms with Gasteiger partial charge < -0.3 is 68.7 Å². The number of nitrogens with zero attached hydrogens (tertiary/aromatic N) is 3. The van der Waals surface area contributed by atoms with Crippen molar-refractivity contribution in [3.8, 4) is 5.75 Å². The van der Waals surface area contributed by atoms with Gasteiger partial charge in [0.15, 0.2) is 0 Å². The van der Waals surface area contributed by atoms with Crippen LogP contribution in [0.25, 0.3) is 21.8 Å². The van der Waals surface area contributed by atoms with Crippen molar-refractivity contribution in [2.24, 2.45) is 22.4 Å². The Balaban J connectivity index is 0.953. The molecule has 25 nitrogen and oxygen atoms in total. The minimum atomic E-state index is -1.80. The number of para-hydroxylation sites is 1. The van der Waals surface area contributed by atoms with Crippen molar-refractivity contribution < 1.29 is 61.8 Å². The summed E-state index contributed by atoms with van der Waals surface area (Å²) in [7, 11) is 0. The molecule has 0 unspecified atom stereocenters. The van der Waals surface area contributed by atoms with Crippen molar-refractivity contribution in [1.82, 2.24) is 52.1 Å². The maximum Gasteiger partial charge on any atom is 0.272 e. The van der Waals surface area contributed by atoms with E-state index in [0.717, 1.165) is 30.4 Å². The fourth-order valence-electron chi connectivity index (χ4n) is 14.1. The van der Waals surface area contributed by atoms with Crippen molar-refractivity contribution in [3.63, 3.8) is 0 Å². The molecule has 105 heavy (non-hydrogen) atoms. The van der Waals surface area contributed by atoms with Gasteiger partial charge in [-0.15, -0.1) is 0 Å². The summed E-state index contributed by atoms with van der Waals surface area (Å²) in [5.41, 5.74) is 15.5. The lowest BCUT2D eigenvalue weighted by Gasteiger charge is -2.37. The van der Waals surface area contributed by atoms with Gasteiger partial charge in [0, 0.05) is 101 Å². The number of hydrogen-bond acceptors (Lipinski definition) is 15. The number of phenols is 1. The number of hydrogen-bond donors (Lipinski definition) is 12. The molecule has 7 aromatic rings.